The molecule has 0 aliphatic rings. The van der Waals surface area contributed by atoms with Gasteiger partial charge in [0.2, 0.25) is 5.91 Å². The number of ketones is 1. The minimum atomic E-state index is -1.31. The molecule has 1 aromatic rings. The van der Waals surface area contributed by atoms with Crippen LogP contribution in [0.5, 0.6) is 0 Å². The van der Waals surface area contributed by atoms with Crippen molar-refractivity contribution in [1.82, 2.24) is 10.2 Å². The lowest BCUT2D eigenvalue weighted by atomic mass is 9.90. The lowest BCUT2D eigenvalue weighted by Crippen LogP contribution is -2.52. The second-order valence-electron chi connectivity index (χ2n) is 8.87. The summed E-state index contributed by atoms with van der Waals surface area (Å²) < 4.78 is 10.6. The predicted molar refractivity (Wildman–Crippen MR) is 112 cm³/mol. The zero-order valence-corrected chi connectivity index (χ0v) is 18.9. The maximum absolute atomic E-state index is 13.3. The van der Waals surface area contributed by atoms with E-state index in [-0.39, 0.29) is 0 Å². The number of imide groups is 1. The summed E-state index contributed by atoms with van der Waals surface area (Å²) in [5.41, 5.74) is -1.36. The maximum atomic E-state index is 13.3. The molecular weight excluding hydrogens is 388 g/mol. The highest BCUT2D eigenvalue weighted by Crippen LogP contribution is 2.23. The minimum Gasteiger partial charge on any atom is -0.443 e. The van der Waals surface area contributed by atoms with E-state index < -0.39 is 47.0 Å². The lowest BCUT2D eigenvalue weighted by molar-refractivity contribution is -0.133. The maximum Gasteiger partial charge on any atom is 0.420 e. The number of nitrogens with one attached hydrogen (secondary N) is 1. The Bertz CT molecular complexity index is 749. The van der Waals surface area contributed by atoms with Gasteiger partial charge in [-0.3, -0.25) is 9.59 Å². The van der Waals surface area contributed by atoms with Crippen molar-refractivity contribution in [2.24, 2.45) is 0 Å². The number of ether oxygens (including phenoxy) is 2. The first kappa shape index (κ1) is 25.1. The van der Waals surface area contributed by atoms with E-state index in [1.54, 1.807) is 71.9 Å². The van der Waals surface area contributed by atoms with Crippen LogP contribution in [0.15, 0.2) is 30.3 Å². The standard InChI is InChI=1S/C22H32N2O6/c1-14(17(25)16(18(26)23-8)15-12-10-9-11-13-15)24(19(27)29-21(2,3)4)20(28)30-22(5,6)7/h9-14,16H,1-8H3,(H,23,26)/t14-,16?/m0/s1. The molecule has 30 heavy (non-hydrogen) atoms. The van der Waals surface area contributed by atoms with Gasteiger partial charge in [0.1, 0.15) is 23.2 Å². The average molecular weight is 421 g/mol. The Balaban J connectivity index is 3.35. The normalized spacial score (nSPS) is 13.6. The topological polar surface area (TPSA) is 102 Å². The molecule has 2 atom stereocenters. The Kier molecular flexibility index (Phi) is 8.16. The third-order valence-corrected chi connectivity index (χ3v) is 3.91. The molecule has 0 aromatic heterocycles. The number of nitrogens with zero attached hydrogens (tertiary/aromatic N) is 1. The average Bonchev–Trinajstić information content (AvgIpc) is 2.59. The Morgan fingerprint density at radius 2 is 1.30 bits per heavy atom. The van der Waals surface area contributed by atoms with Crippen LogP contribution in [0.4, 0.5) is 9.59 Å². The summed E-state index contributed by atoms with van der Waals surface area (Å²) in [5.74, 6) is -2.40. The van der Waals surface area contributed by atoms with Gasteiger partial charge in [0.15, 0.2) is 5.78 Å². The van der Waals surface area contributed by atoms with Gasteiger partial charge < -0.3 is 14.8 Å². The molecule has 0 heterocycles. The molecule has 0 fully saturated rings. The van der Waals surface area contributed by atoms with Crippen molar-refractivity contribution in [3.8, 4) is 0 Å². The quantitative estimate of drug-likeness (QED) is 0.730. The van der Waals surface area contributed by atoms with Crippen molar-refractivity contribution < 1.29 is 28.7 Å². The first-order chi connectivity index (χ1) is 13.7. The molecule has 8 nitrogen and oxygen atoms in total. The number of carbonyl (C=O) groups excluding carboxylic acids is 4. The van der Waals surface area contributed by atoms with Gasteiger partial charge in [-0.25, -0.2) is 14.5 Å². The van der Waals surface area contributed by atoms with Gasteiger partial charge in [-0.1, -0.05) is 30.3 Å². The van der Waals surface area contributed by atoms with E-state index in [9.17, 15) is 19.2 Å². The van der Waals surface area contributed by atoms with Gasteiger partial charge in [0.05, 0.1) is 0 Å². The van der Waals surface area contributed by atoms with Crippen molar-refractivity contribution in [2.75, 3.05) is 7.05 Å². The number of amides is 3. The summed E-state index contributed by atoms with van der Waals surface area (Å²) in [6.07, 6.45) is -2.05. The molecule has 0 bridgehead atoms. The molecular formula is C22H32N2O6. The number of likely N-dealkylation sites (N-methyl/N-ethyl adjacent to an activating group) is 1. The molecule has 0 spiro atoms. The van der Waals surface area contributed by atoms with E-state index in [2.05, 4.69) is 5.32 Å². The third kappa shape index (κ3) is 7.17. The molecule has 1 unspecified atom stereocenters. The monoisotopic (exact) mass is 420 g/mol. The van der Waals surface area contributed by atoms with E-state index >= 15 is 0 Å². The van der Waals surface area contributed by atoms with Crippen molar-refractivity contribution in [3.63, 3.8) is 0 Å². The molecule has 0 aliphatic heterocycles. The fourth-order valence-corrected chi connectivity index (χ4v) is 2.62. The molecule has 0 aliphatic carbocycles. The molecule has 1 N–H and O–H groups in total. The van der Waals surface area contributed by atoms with Crippen LogP contribution in [0, 0.1) is 0 Å². The summed E-state index contributed by atoms with van der Waals surface area (Å²) in [6.45, 7) is 11.2. The summed E-state index contributed by atoms with van der Waals surface area (Å²) in [4.78, 5) is 52.0. The van der Waals surface area contributed by atoms with Crippen LogP contribution in [0.2, 0.25) is 0 Å². The van der Waals surface area contributed by atoms with E-state index in [4.69, 9.17) is 9.47 Å². The fourth-order valence-electron chi connectivity index (χ4n) is 2.62. The second-order valence-corrected chi connectivity index (χ2v) is 8.87. The van der Waals surface area contributed by atoms with Crippen LogP contribution >= 0.6 is 0 Å². The van der Waals surface area contributed by atoms with Gasteiger partial charge in [0, 0.05) is 7.05 Å². The van der Waals surface area contributed by atoms with Crippen LogP contribution in [0.25, 0.3) is 0 Å². The van der Waals surface area contributed by atoms with Gasteiger partial charge >= 0.3 is 12.2 Å². The molecule has 3 amide bonds. The van der Waals surface area contributed by atoms with E-state index in [0.29, 0.717) is 10.5 Å². The Morgan fingerprint density at radius 1 is 0.867 bits per heavy atom. The number of benzene rings is 1. The van der Waals surface area contributed by atoms with Crippen molar-refractivity contribution in [1.29, 1.82) is 0 Å². The van der Waals surface area contributed by atoms with Crippen LogP contribution < -0.4 is 5.32 Å². The number of Topliss-reactive ketones (excluding diaryl/α,β-unsaturated/α-hetero) is 1. The Morgan fingerprint density at radius 3 is 1.67 bits per heavy atom. The smallest absolute Gasteiger partial charge is 0.420 e. The first-order valence-electron chi connectivity index (χ1n) is 9.73. The highest BCUT2D eigenvalue weighted by atomic mass is 16.6. The van der Waals surface area contributed by atoms with Crippen LogP contribution in [-0.2, 0) is 19.1 Å². The van der Waals surface area contributed by atoms with Gasteiger partial charge in [0.25, 0.3) is 0 Å². The number of hydrogen-bond acceptors (Lipinski definition) is 6. The summed E-state index contributed by atoms with van der Waals surface area (Å²) in [5, 5.41) is 2.46. The summed E-state index contributed by atoms with van der Waals surface area (Å²) in [7, 11) is 1.41. The van der Waals surface area contributed by atoms with Crippen LogP contribution in [0.1, 0.15) is 59.9 Å². The highest BCUT2D eigenvalue weighted by Gasteiger charge is 2.41. The van der Waals surface area contributed by atoms with E-state index in [1.807, 2.05) is 0 Å². The number of carbonyl (C=O) groups is 4. The van der Waals surface area contributed by atoms with Crippen molar-refractivity contribution >= 4 is 23.9 Å². The Hall–Kier alpha value is -2.90. The van der Waals surface area contributed by atoms with E-state index in [0.717, 1.165) is 0 Å². The van der Waals surface area contributed by atoms with Gasteiger partial charge in [-0.15, -0.1) is 0 Å². The molecule has 8 heteroatoms. The predicted octanol–water partition coefficient (Wildman–Crippen LogP) is 3.65. The number of hydrogen-bond donors (Lipinski definition) is 1. The highest BCUT2D eigenvalue weighted by molar-refractivity contribution is 6.10. The molecule has 1 rings (SSSR count). The zero-order valence-electron chi connectivity index (χ0n) is 18.9. The zero-order chi connectivity index (χ0) is 23.3. The van der Waals surface area contributed by atoms with Crippen LogP contribution in [-0.4, -0.2) is 53.1 Å². The minimum absolute atomic E-state index is 0.446. The van der Waals surface area contributed by atoms with Crippen LogP contribution in [0.3, 0.4) is 0 Å². The van der Waals surface area contributed by atoms with Crippen molar-refractivity contribution in [3.05, 3.63) is 35.9 Å². The molecule has 166 valence electrons. The second kappa shape index (κ2) is 9.73. The largest absolute Gasteiger partial charge is 0.443 e. The molecule has 0 radical (unpaired) electrons. The van der Waals surface area contributed by atoms with E-state index in [1.165, 1.54) is 14.0 Å². The first-order valence-corrected chi connectivity index (χ1v) is 9.73. The molecule has 0 saturated heterocycles. The number of rotatable bonds is 5. The van der Waals surface area contributed by atoms with Crippen molar-refractivity contribution in [2.45, 2.75) is 71.6 Å². The third-order valence-electron chi connectivity index (χ3n) is 3.91. The summed E-state index contributed by atoms with van der Waals surface area (Å²) in [6, 6.07) is 7.11. The summed E-state index contributed by atoms with van der Waals surface area (Å²) >= 11 is 0. The SMILES string of the molecule is CNC(=O)C(C(=O)[C@H](C)N(C(=O)OC(C)(C)C)C(=O)OC(C)(C)C)c1ccccc1. The lowest BCUT2D eigenvalue weighted by Gasteiger charge is -2.32. The Labute approximate surface area is 177 Å². The molecule has 0 saturated carbocycles. The fraction of sp³-hybridized carbons (Fsp3) is 0.545. The molecule has 1 aromatic carbocycles. The van der Waals surface area contributed by atoms with Gasteiger partial charge in [-0.2, -0.15) is 0 Å². The van der Waals surface area contributed by atoms with Gasteiger partial charge in [-0.05, 0) is 54.0 Å².